The average Bonchev–Trinajstić information content (AvgIpc) is 2.60. The summed E-state index contributed by atoms with van der Waals surface area (Å²) < 4.78 is 13.5. The first-order chi connectivity index (χ1) is 11.6. The minimum absolute atomic E-state index is 0.110. The number of para-hydroxylation sites is 1. The third-order valence-electron chi connectivity index (χ3n) is 3.97. The highest BCUT2D eigenvalue weighted by Gasteiger charge is 2.19. The van der Waals surface area contributed by atoms with Crippen LogP contribution in [0.25, 0.3) is 0 Å². The zero-order chi connectivity index (χ0) is 16.9. The number of halogens is 1. The Morgan fingerprint density at radius 3 is 2.62 bits per heavy atom. The van der Waals surface area contributed by atoms with Crippen molar-refractivity contribution in [3.05, 3.63) is 65.5 Å². The second-order valence-corrected chi connectivity index (χ2v) is 5.64. The van der Waals surface area contributed by atoms with Crippen LogP contribution in [0.5, 0.6) is 0 Å². The van der Waals surface area contributed by atoms with E-state index >= 15 is 0 Å². The summed E-state index contributed by atoms with van der Waals surface area (Å²) in [6.45, 7) is 0.917. The van der Waals surface area contributed by atoms with Crippen LogP contribution < -0.4 is 15.8 Å². The molecule has 0 radical (unpaired) electrons. The van der Waals surface area contributed by atoms with Gasteiger partial charge in [0.25, 0.3) is 11.8 Å². The molecule has 24 heavy (non-hydrogen) atoms. The number of aryl methyl sites for hydroxylation is 1. The number of nitrogens with one attached hydrogen (secondary N) is 2. The lowest BCUT2D eigenvalue weighted by molar-refractivity contribution is -0.120. The molecule has 124 valence electrons. The molecule has 5 nitrogen and oxygen atoms in total. The van der Waals surface area contributed by atoms with E-state index in [2.05, 4.69) is 16.9 Å². The molecule has 0 saturated heterocycles. The first-order valence-corrected chi connectivity index (χ1v) is 7.82. The Morgan fingerprint density at radius 1 is 1.04 bits per heavy atom. The highest BCUT2D eigenvalue weighted by atomic mass is 19.1. The van der Waals surface area contributed by atoms with E-state index < -0.39 is 11.7 Å². The van der Waals surface area contributed by atoms with Crippen LogP contribution in [0.3, 0.4) is 0 Å². The number of rotatable bonds is 3. The number of amides is 2. The van der Waals surface area contributed by atoms with E-state index in [0.29, 0.717) is 0 Å². The number of carbonyl (C=O) groups excluding carboxylic acids is 2. The highest BCUT2D eigenvalue weighted by Crippen LogP contribution is 2.26. The Bertz CT molecular complexity index is 763. The lowest BCUT2D eigenvalue weighted by Crippen LogP contribution is -2.47. The molecule has 1 aliphatic rings. The summed E-state index contributed by atoms with van der Waals surface area (Å²) in [5.74, 6) is -1.66. The summed E-state index contributed by atoms with van der Waals surface area (Å²) >= 11 is 0. The minimum Gasteiger partial charge on any atom is -0.362 e. The largest absolute Gasteiger partial charge is 0.362 e. The average molecular weight is 327 g/mol. The number of carbonyl (C=O) groups is 2. The molecule has 0 aromatic heterocycles. The maximum Gasteiger partial charge on any atom is 0.272 e. The van der Waals surface area contributed by atoms with Crippen LogP contribution in [0.15, 0.2) is 48.5 Å². The van der Waals surface area contributed by atoms with Gasteiger partial charge in [0, 0.05) is 12.2 Å². The monoisotopic (exact) mass is 327 g/mol. The van der Waals surface area contributed by atoms with Gasteiger partial charge >= 0.3 is 0 Å². The maximum atomic E-state index is 13.5. The van der Waals surface area contributed by atoms with Gasteiger partial charge in [-0.15, -0.1) is 0 Å². The molecule has 2 aromatic carbocycles. The van der Waals surface area contributed by atoms with Gasteiger partial charge in [-0.25, -0.2) is 4.39 Å². The molecule has 1 aliphatic heterocycles. The number of benzene rings is 2. The third kappa shape index (κ3) is 3.53. The van der Waals surface area contributed by atoms with Crippen LogP contribution in [-0.2, 0) is 11.2 Å². The van der Waals surface area contributed by atoms with E-state index in [9.17, 15) is 14.0 Å². The SMILES string of the molecule is O=C(CN1CCCc2ccccc21)NNC(=O)c1ccccc1F. The fourth-order valence-electron chi connectivity index (χ4n) is 2.83. The van der Waals surface area contributed by atoms with E-state index in [0.717, 1.165) is 25.1 Å². The summed E-state index contributed by atoms with van der Waals surface area (Å²) in [7, 11) is 0. The number of hydrogen-bond acceptors (Lipinski definition) is 3. The minimum atomic E-state index is -0.680. The summed E-state index contributed by atoms with van der Waals surface area (Å²) in [6.07, 6.45) is 1.98. The highest BCUT2D eigenvalue weighted by molar-refractivity contribution is 5.96. The Hall–Kier alpha value is -2.89. The molecule has 6 heteroatoms. The zero-order valence-electron chi connectivity index (χ0n) is 13.1. The summed E-state index contributed by atoms with van der Waals surface area (Å²) in [6, 6.07) is 13.6. The van der Waals surface area contributed by atoms with Gasteiger partial charge in [0.15, 0.2) is 0 Å². The van der Waals surface area contributed by atoms with Crippen LogP contribution in [0.1, 0.15) is 22.3 Å². The summed E-state index contributed by atoms with van der Waals surface area (Å²) in [5.41, 5.74) is 6.73. The van der Waals surface area contributed by atoms with Crippen LogP contribution in [-0.4, -0.2) is 24.9 Å². The molecule has 0 atom stereocenters. The van der Waals surface area contributed by atoms with E-state index in [4.69, 9.17) is 0 Å². The Balaban J connectivity index is 1.57. The van der Waals surface area contributed by atoms with Gasteiger partial charge in [-0.2, -0.15) is 0 Å². The molecule has 0 bridgehead atoms. The molecule has 0 fully saturated rings. The Labute approximate surface area is 139 Å². The standard InChI is InChI=1S/C18H18FN3O2/c19-15-9-3-2-8-14(15)18(24)21-20-17(23)12-22-11-5-7-13-6-1-4-10-16(13)22/h1-4,6,8-10H,5,7,11-12H2,(H,20,23)(H,21,24). The fraction of sp³-hybridized carbons (Fsp3) is 0.222. The Kier molecular flexibility index (Phi) is 4.74. The van der Waals surface area contributed by atoms with Crippen molar-refractivity contribution < 1.29 is 14.0 Å². The van der Waals surface area contributed by atoms with Crippen molar-refractivity contribution in [1.82, 2.24) is 10.9 Å². The smallest absolute Gasteiger partial charge is 0.272 e. The second kappa shape index (κ2) is 7.12. The van der Waals surface area contributed by atoms with Crippen molar-refractivity contribution in [1.29, 1.82) is 0 Å². The quantitative estimate of drug-likeness (QED) is 0.848. The normalized spacial score (nSPS) is 13.1. The van der Waals surface area contributed by atoms with Crippen LogP contribution >= 0.6 is 0 Å². The van der Waals surface area contributed by atoms with E-state index in [1.807, 2.05) is 23.1 Å². The van der Waals surface area contributed by atoms with Crippen molar-refractivity contribution in [3.8, 4) is 0 Å². The van der Waals surface area contributed by atoms with Gasteiger partial charge < -0.3 is 4.90 Å². The van der Waals surface area contributed by atoms with E-state index in [1.165, 1.54) is 23.8 Å². The molecule has 2 aromatic rings. The zero-order valence-corrected chi connectivity index (χ0v) is 13.1. The molecule has 1 heterocycles. The molecule has 0 aliphatic carbocycles. The lowest BCUT2D eigenvalue weighted by atomic mass is 10.0. The van der Waals surface area contributed by atoms with Crippen LogP contribution in [0.2, 0.25) is 0 Å². The topological polar surface area (TPSA) is 61.4 Å². The summed E-state index contributed by atoms with van der Waals surface area (Å²) in [5, 5.41) is 0. The predicted molar refractivity (Wildman–Crippen MR) is 89.0 cm³/mol. The first-order valence-electron chi connectivity index (χ1n) is 7.82. The predicted octanol–water partition coefficient (Wildman–Crippen LogP) is 2.04. The molecule has 0 saturated carbocycles. The Morgan fingerprint density at radius 2 is 1.79 bits per heavy atom. The first kappa shape index (κ1) is 16.0. The van der Waals surface area contributed by atoms with Gasteiger partial charge in [-0.05, 0) is 36.6 Å². The van der Waals surface area contributed by atoms with Crippen molar-refractivity contribution in [2.24, 2.45) is 0 Å². The molecule has 2 amide bonds. The maximum absolute atomic E-state index is 13.5. The molecule has 0 spiro atoms. The van der Waals surface area contributed by atoms with Crippen molar-refractivity contribution in [3.63, 3.8) is 0 Å². The van der Waals surface area contributed by atoms with Crippen molar-refractivity contribution in [2.45, 2.75) is 12.8 Å². The van der Waals surface area contributed by atoms with Gasteiger partial charge in [0.1, 0.15) is 5.82 Å². The molecule has 2 N–H and O–H groups in total. The van der Waals surface area contributed by atoms with Gasteiger partial charge in [-0.3, -0.25) is 20.4 Å². The van der Waals surface area contributed by atoms with E-state index in [-0.39, 0.29) is 18.0 Å². The number of hydrogen-bond donors (Lipinski definition) is 2. The molecule has 3 rings (SSSR count). The van der Waals surface area contributed by atoms with Crippen molar-refractivity contribution in [2.75, 3.05) is 18.0 Å². The molecular weight excluding hydrogens is 309 g/mol. The van der Waals surface area contributed by atoms with Crippen LogP contribution in [0, 0.1) is 5.82 Å². The molecule has 0 unspecified atom stereocenters. The fourth-order valence-corrected chi connectivity index (χ4v) is 2.83. The molecular formula is C18H18FN3O2. The number of nitrogens with zero attached hydrogens (tertiary/aromatic N) is 1. The lowest BCUT2D eigenvalue weighted by Gasteiger charge is -2.30. The van der Waals surface area contributed by atoms with E-state index in [1.54, 1.807) is 6.07 Å². The second-order valence-electron chi connectivity index (χ2n) is 5.64. The number of fused-ring (bicyclic) bond motifs is 1. The van der Waals surface area contributed by atoms with Gasteiger partial charge in [0.2, 0.25) is 0 Å². The number of anilines is 1. The van der Waals surface area contributed by atoms with Crippen LogP contribution in [0.4, 0.5) is 10.1 Å². The number of hydrazine groups is 1. The third-order valence-corrected chi connectivity index (χ3v) is 3.97. The van der Waals surface area contributed by atoms with Gasteiger partial charge in [0.05, 0.1) is 12.1 Å². The summed E-state index contributed by atoms with van der Waals surface area (Å²) in [4.78, 5) is 25.9. The van der Waals surface area contributed by atoms with Crippen molar-refractivity contribution >= 4 is 17.5 Å². The van der Waals surface area contributed by atoms with Gasteiger partial charge in [-0.1, -0.05) is 30.3 Å².